The number of allylic oxidation sites excluding steroid dienone is 5. The molecule has 35 heavy (non-hydrogen) atoms. The van der Waals surface area contributed by atoms with Crippen molar-refractivity contribution in [2.45, 2.75) is 86.0 Å². The normalized spacial score (nSPS) is 14.0. The molecular weight excluding hydrogens is 428 g/mol. The standard InChI is InChI=1S/C32H42N2O/c1-17(2)25-13-23(14-26(18(3)4)31(25)33)30(22-10-11-29(35)21(9)12-22)24-15-27(19(5)6)32(34)28(16-24)20(7)8/h10-20H,33-34H2,1-9H3. The van der Waals surface area contributed by atoms with Crippen molar-refractivity contribution < 1.29 is 4.79 Å². The van der Waals surface area contributed by atoms with E-state index in [0.29, 0.717) is 23.7 Å². The van der Waals surface area contributed by atoms with E-state index in [4.69, 9.17) is 11.5 Å². The van der Waals surface area contributed by atoms with Crippen molar-refractivity contribution in [1.29, 1.82) is 0 Å². The first-order valence-corrected chi connectivity index (χ1v) is 12.9. The van der Waals surface area contributed by atoms with E-state index in [1.54, 1.807) is 6.08 Å². The number of ketones is 1. The summed E-state index contributed by atoms with van der Waals surface area (Å²) >= 11 is 0. The van der Waals surface area contributed by atoms with E-state index >= 15 is 0 Å². The lowest BCUT2D eigenvalue weighted by molar-refractivity contribution is -0.111. The molecule has 0 fully saturated rings. The van der Waals surface area contributed by atoms with Crippen LogP contribution in [0.2, 0.25) is 0 Å². The maximum Gasteiger partial charge on any atom is 0.181 e. The van der Waals surface area contributed by atoms with Gasteiger partial charge < -0.3 is 11.5 Å². The van der Waals surface area contributed by atoms with Crippen molar-refractivity contribution in [3.05, 3.63) is 87.0 Å². The van der Waals surface area contributed by atoms with Crippen molar-refractivity contribution in [3.63, 3.8) is 0 Å². The summed E-state index contributed by atoms with van der Waals surface area (Å²) in [5.41, 5.74) is 24.8. The van der Waals surface area contributed by atoms with Crippen LogP contribution in [0.5, 0.6) is 0 Å². The third kappa shape index (κ3) is 5.29. The van der Waals surface area contributed by atoms with Crippen LogP contribution >= 0.6 is 0 Å². The number of rotatable bonds is 6. The van der Waals surface area contributed by atoms with E-state index in [2.05, 4.69) is 79.7 Å². The zero-order valence-electron chi connectivity index (χ0n) is 22.9. The second-order valence-electron chi connectivity index (χ2n) is 11.1. The molecule has 0 atom stereocenters. The molecule has 186 valence electrons. The predicted octanol–water partition coefficient (Wildman–Crippen LogP) is 8.23. The third-order valence-electron chi connectivity index (χ3n) is 7.02. The van der Waals surface area contributed by atoms with E-state index in [-0.39, 0.29) is 5.78 Å². The van der Waals surface area contributed by atoms with Crippen LogP contribution in [0.3, 0.4) is 0 Å². The fourth-order valence-corrected chi connectivity index (χ4v) is 4.90. The monoisotopic (exact) mass is 470 g/mol. The topological polar surface area (TPSA) is 69.1 Å². The van der Waals surface area contributed by atoms with Gasteiger partial charge in [-0.05, 0) is 117 Å². The SMILES string of the molecule is CC1=CC(=C(c2cc(C(C)C)c(N)c(C(C)C)c2)c2cc(C(C)C)c(N)c(C(C)C)c2)C=CC1=O. The van der Waals surface area contributed by atoms with Crippen LogP contribution in [0.4, 0.5) is 11.4 Å². The number of nitrogen functional groups attached to an aromatic ring is 2. The van der Waals surface area contributed by atoms with Gasteiger partial charge in [-0.2, -0.15) is 0 Å². The summed E-state index contributed by atoms with van der Waals surface area (Å²) in [5.74, 6) is 1.23. The smallest absolute Gasteiger partial charge is 0.181 e. The predicted molar refractivity (Wildman–Crippen MR) is 152 cm³/mol. The second kappa shape index (κ2) is 10.3. The summed E-state index contributed by atoms with van der Waals surface area (Å²) in [6, 6.07) is 8.95. The van der Waals surface area contributed by atoms with Gasteiger partial charge in [-0.15, -0.1) is 0 Å². The Bertz CT molecular complexity index is 1110. The van der Waals surface area contributed by atoms with Crippen molar-refractivity contribution >= 4 is 22.7 Å². The lowest BCUT2D eigenvalue weighted by Crippen LogP contribution is -2.09. The minimum absolute atomic E-state index is 0.0548. The van der Waals surface area contributed by atoms with Gasteiger partial charge in [-0.3, -0.25) is 4.79 Å². The van der Waals surface area contributed by atoms with Crippen LogP contribution in [-0.4, -0.2) is 5.78 Å². The molecule has 0 aliphatic heterocycles. The van der Waals surface area contributed by atoms with Gasteiger partial charge in [0, 0.05) is 11.4 Å². The molecule has 0 heterocycles. The van der Waals surface area contributed by atoms with Crippen molar-refractivity contribution in [1.82, 2.24) is 0 Å². The summed E-state index contributed by atoms with van der Waals surface area (Å²) in [6.45, 7) is 19.4. The second-order valence-corrected chi connectivity index (χ2v) is 11.1. The van der Waals surface area contributed by atoms with Crippen LogP contribution in [-0.2, 0) is 4.79 Å². The fraction of sp³-hybridized carbons (Fsp3) is 0.406. The Balaban J connectivity index is 2.48. The van der Waals surface area contributed by atoms with Crippen LogP contribution < -0.4 is 11.5 Å². The number of benzene rings is 2. The number of carbonyl (C=O) groups is 1. The highest BCUT2D eigenvalue weighted by molar-refractivity contribution is 6.07. The van der Waals surface area contributed by atoms with Gasteiger partial charge in [0.25, 0.3) is 0 Å². The quantitative estimate of drug-likeness (QED) is 0.418. The van der Waals surface area contributed by atoms with Gasteiger partial charge in [-0.25, -0.2) is 0 Å². The minimum atomic E-state index is 0.0548. The molecule has 0 aromatic heterocycles. The molecule has 0 unspecified atom stereocenters. The van der Waals surface area contributed by atoms with E-state index in [1.165, 1.54) is 0 Å². The van der Waals surface area contributed by atoms with Gasteiger partial charge in [0.05, 0.1) is 0 Å². The average Bonchev–Trinajstić information content (AvgIpc) is 2.77. The molecule has 0 amide bonds. The largest absolute Gasteiger partial charge is 0.398 e. The number of hydrogen-bond donors (Lipinski definition) is 2. The molecular formula is C32H42N2O. The molecule has 2 aromatic rings. The molecule has 1 aliphatic carbocycles. The highest BCUT2D eigenvalue weighted by atomic mass is 16.1. The summed E-state index contributed by atoms with van der Waals surface area (Å²) in [4.78, 5) is 12.3. The molecule has 0 saturated carbocycles. The van der Waals surface area contributed by atoms with Gasteiger partial charge in [0.15, 0.2) is 5.78 Å². The van der Waals surface area contributed by atoms with Gasteiger partial charge in [0.1, 0.15) is 0 Å². The maximum atomic E-state index is 12.3. The fourth-order valence-electron chi connectivity index (χ4n) is 4.90. The summed E-state index contributed by atoms with van der Waals surface area (Å²) in [5, 5.41) is 0. The molecule has 2 aromatic carbocycles. The third-order valence-corrected chi connectivity index (χ3v) is 7.02. The average molecular weight is 471 g/mol. The number of anilines is 2. The summed E-state index contributed by atoms with van der Waals surface area (Å²) < 4.78 is 0. The highest BCUT2D eigenvalue weighted by Crippen LogP contribution is 2.41. The minimum Gasteiger partial charge on any atom is -0.398 e. The Morgan fingerprint density at radius 1 is 0.629 bits per heavy atom. The Morgan fingerprint density at radius 3 is 1.26 bits per heavy atom. The number of nitrogens with two attached hydrogens (primary N) is 2. The molecule has 0 radical (unpaired) electrons. The zero-order chi connectivity index (χ0) is 26.2. The van der Waals surface area contributed by atoms with Gasteiger partial charge >= 0.3 is 0 Å². The van der Waals surface area contributed by atoms with Crippen LogP contribution in [0.15, 0.2) is 53.6 Å². The lowest BCUT2D eigenvalue weighted by Gasteiger charge is -2.24. The molecule has 3 heteroatoms. The first-order chi connectivity index (χ1) is 16.3. The van der Waals surface area contributed by atoms with E-state index in [1.807, 2.05) is 19.1 Å². The summed E-state index contributed by atoms with van der Waals surface area (Å²) in [7, 11) is 0. The van der Waals surface area contributed by atoms with Crippen molar-refractivity contribution in [2.75, 3.05) is 11.5 Å². The van der Waals surface area contributed by atoms with E-state index in [0.717, 1.165) is 61.5 Å². The molecule has 4 N–H and O–H groups in total. The van der Waals surface area contributed by atoms with Crippen LogP contribution in [0.1, 0.15) is 119 Å². The lowest BCUT2D eigenvalue weighted by atomic mass is 9.81. The Labute approximate surface area is 212 Å². The van der Waals surface area contributed by atoms with Crippen LogP contribution in [0, 0.1) is 0 Å². The highest BCUT2D eigenvalue weighted by Gasteiger charge is 2.22. The van der Waals surface area contributed by atoms with Crippen LogP contribution in [0.25, 0.3) is 5.57 Å². The zero-order valence-corrected chi connectivity index (χ0v) is 22.9. The Morgan fingerprint density at radius 2 is 0.971 bits per heavy atom. The molecule has 0 bridgehead atoms. The molecule has 1 aliphatic rings. The first-order valence-electron chi connectivity index (χ1n) is 12.9. The van der Waals surface area contributed by atoms with E-state index < -0.39 is 0 Å². The van der Waals surface area contributed by atoms with Gasteiger partial charge in [-0.1, -0.05) is 61.5 Å². The summed E-state index contributed by atoms with van der Waals surface area (Å²) in [6.07, 6.45) is 5.64. The molecule has 3 rings (SSSR count). The first kappa shape index (κ1) is 26.5. The van der Waals surface area contributed by atoms with E-state index in [9.17, 15) is 4.79 Å². The number of hydrogen-bond acceptors (Lipinski definition) is 3. The Kier molecular flexibility index (Phi) is 7.79. The Hall–Kier alpha value is -3.07. The molecule has 3 nitrogen and oxygen atoms in total. The molecule has 0 spiro atoms. The maximum absolute atomic E-state index is 12.3. The van der Waals surface area contributed by atoms with Gasteiger partial charge in [0.2, 0.25) is 0 Å². The molecule has 0 saturated heterocycles. The number of carbonyl (C=O) groups excluding carboxylic acids is 1. The van der Waals surface area contributed by atoms with Crippen molar-refractivity contribution in [3.8, 4) is 0 Å². The van der Waals surface area contributed by atoms with Crippen molar-refractivity contribution in [2.24, 2.45) is 0 Å².